The average molecular weight is 310 g/mol. The molecule has 0 aliphatic carbocycles. The van der Waals surface area contributed by atoms with E-state index in [1.807, 2.05) is 43.0 Å². The number of carbonyl (C=O) groups is 1. The van der Waals surface area contributed by atoms with Crippen molar-refractivity contribution < 1.29 is 13.2 Å². The molecule has 1 unspecified atom stereocenters. The van der Waals surface area contributed by atoms with E-state index in [0.29, 0.717) is 13.0 Å². The lowest BCUT2D eigenvalue weighted by Crippen LogP contribution is -2.41. The van der Waals surface area contributed by atoms with E-state index in [-0.39, 0.29) is 30.0 Å². The van der Waals surface area contributed by atoms with Gasteiger partial charge in [-0.05, 0) is 31.5 Å². The summed E-state index contributed by atoms with van der Waals surface area (Å²) < 4.78 is 23.1. The third kappa shape index (κ3) is 4.28. The highest BCUT2D eigenvalue weighted by molar-refractivity contribution is 7.91. The van der Waals surface area contributed by atoms with Gasteiger partial charge in [-0.1, -0.05) is 25.1 Å². The van der Waals surface area contributed by atoms with E-state index in [1.54, 1.807) is 0 Å². The zero-order valence-electron chi connectivity index (χ0n) is 12.5. The Bertz CT molecular complexity index is 613. The number of amides is 1. The van der Waals surface area contributed by atoms with Crippen molar-refractivity contribution in [3.63, 3.8) is 0 Å². The maximum atomic E-state index is 12.1. The van der Waals surface area contributed by atoms with Crippen LogP contribution in [0.15, 0.2) is 24.3 Å². The smallest absolute Gasteiger partial charge is 0.238 e. The van der Waals surface area contributed by atoms with Crippen molar-refractivity contribution in [2.24, 2.45) is 0 Å². The largest absolute Gasteiger partial charge is 0.325 e. The van der Waals surface area contributed by atoms with Crippen molar-refractivity contribution >= 4 is 21.4 Å². The van der Waals surface area contributed by atoms with Gasteiger partial charge in [-0.3, -0.25) is 9.69 Å². The summed E-state index contributed by atoms with van der Waals surface area (Å²) in [6, 6.07) is 7.57. The molecule has 1 heterocycles. The van der Waals surface area contributed by atoms with Crippen LogP contribution in [0.1, 0.15) is 18.9 Å². The number of anilines is 1. The number of carbonyl (C=O) groups excluding carboxylic acids is 1. The van der Waals surface area contributed by atoms with E-state index < -0.39 is 9.84 Å². The summed E-state index contributed by atoms with van der Waals surface area (Å²) >= 11 is 0. The molecule has 1 aliphatic rings. The molecule has 0 radical (unpaired) electrons. The normalized spacial score (nSPS) is 20.6. The van der Waals surface area contributed by atoms with Crippen LogP contribution in [0.4, 0.5) is 5.69 Å². The van der Waals surface area contributed by atoms with Crippen molar-refractivity contribution in [1.82, 2.24) is 4.90 Å². The van der Waals surface area contributed by atoms with Crippen molar-refractivity contribution in [1.29, 1.82) is 0 Å². The van der Waals surface area contributed by atoms with Gasteiger partial charge < -0.3 is 5.32 Å². The predicted octanol–water partition coefficient (Wildman–Crippen LogP) is 1.44. The molecule has 0 spiro atoms. The summed E-state index contributed by atoms with van der Waals surface area (Å²) in [5.74, 6) is 0.293. The first-order chi connectivity index (χ1) is 9.91. The van der Waals surface area contributed by atoms with Crippen LogP contribution in [0, 0.1) is 6.92 Å². The van der Waals surface area contributed by atoms with Gasteiger partial charge in [-0.25, -0.2) is 8.42 Å². The highest BCUT2D eigenvalue weighted by Crippen LogP contribution is 2.18. The number of aryl methyl sites for hydroxylation is 1. The second-order valence-corrected chi connectivity index (χ2v) is 7.71. The predicted molar refractivity (Wildman–Crippen MR) is 84.1 cm³/mol. The fourth-order valence-electron chi connectivity index (χ4n) is 2.65. The van der Waals surface area contributed by atoms with E-state index in [9.17, 15) is 13.2 Å². The van der Waals surface area contributed by atoms with Gasteiger partial charge in [0.05, 0.1) is 18.1 Å². The van der Waals surface area contributed by atoms with E-state index in [1.165, 1.54) is 0 Å². The van der Waals surface area contributed by atoms with Gasteiger partial charge in [0.2, 0.25) is 5.91 Å². The lowest BCUT2D eigenvalue weighted by molar-refractivity contribution is -0.117. The van der Waals surface area contributed by atoms with Gasteiger partial charge in [0.15, 0.2) is 9.84 Å². The van der Waals surface area contributed by atoms with Crippen LogP contribution in [0.5, 0.6) is 0 Å². The van der Waals surface area contributed by atoms with Crippen molar-refractivity contribution in [2.45, 2.75) is 26.3 Å². The Balaban J connectivity index is 1.96. The Morgan fingerprint density at radius 2 is 2.10 bits per heavy atom. The minimum Gasteiger partial charge on any atom is -0.325 e. The lowest BCUT2D eigenvalue weighted by Gasteiger charge is -2.25. The zero-order valence-corrected chi connectivity index (χ0v) is 13.3. The first-order valence-corrected chi connectivity index (χ1v) is 9.03. The molecule has 0 aromatic heterocycles. The quantitative estimate of drug-likeness (QED) is 0.894. The number of nitrogens with zero attached hydrogens (tertiary/aromatic N) is 1. The second kappa shape index (κ2) is 6.58. The molecule has 21 heavy (non-hydrogen) atoms. The summed E-state index contributed by atoms with van der Waals surface area (Å²) in [6.07, 6.45) is 0.619. The molecule has 1 aromatic rings. The highest BCUT2D eigenvalue weighted by Gasteiger charge is 2.32. The summed E-state index contributed by atoms with van der Waals surface area (Å²) in [4.78, 5) is 14.1. The molecule has 1 saturated heterocycles. The van der Waals surface area contributed by atoms with Crippen LogP contribution < -0.4 is 5.32 Å². The second-order valence-electron chi connectivity index (χ2n) is 5.48. The van der Waals surface area contributed by atoms with Gasteiger partial charge in [-0.2, -0.15) is 0 Å². The maximum absolute atomic E-state index is 12.1. The van der Waals surface area contributed by atoms with Crippen LogP contribution in [0.3, 0.4) is 0 Å². The number of hydrogen-bond donors (Lipinski definition) is 1. The van der Waals surface area contributed by atoms with Gasteiger partial charge >= 0.3 is 0 Å². The topological polar surface area (TPSA) is 66.5 Å². The summed E-state index contributed by atoms with van der Waals surface area (Å²) in [5, 5.41) is 2.89. The Morgan fingerprint density at radius 1 is 1.38 bits per heavy atom. The molecule has 6 heteroatoms. The SMILES string of the molecule is CCN(CC(=O)Nc1ccccc1C)C1CCS(=O)(=O)C1. The molecular weight excluding hydrogens is 288 g/mol. The Hall–Kier alpha value is -1.40. The number of sulfone groups is 1. The fraction of sp³-hybridized carbons (Fsp3) is 0.533. The van der Waals surface area contributed by atoms with Crippen LogP contribution in [0.2, 0.25) is 0 Å². The first kappa shape index (κ1) is 16.0. The standard InChI is InChI=1S/C15H22N2O3S/c1-3-17(13-8-9-21(19,20)11-13)10-15(18)16-14-7-5-4-6-12(14)2/h4-7,13H,3,8-11H2,1-2H3,(H,16,18). The number of hydrogen-bond acceptors (Lipinski definition) is 4. The monoisotopic (exact) mass is 310 g/mol. The molecule has 1 aromatic carbocycles. The van der Waals surface area contributed by atoms with Gasteiger partial charge in [0, 0.05) is 11.7 Å². The number of benzene rings is 1. The average Bonchev–Trinajstić information content (AvgIpc) is 2.79. The van der Waals surface area contributed by atoms with Gasteiger partial charge in [0.1, 0.15) is 0 Å². The van der Waals surface area contributed by atoms with Crippen molar-refractivity contribution in [3.8, 4) is 0 Å². The van der Waals surface area contributed by atoms with Crippen LogP contribution in [-0.4, -0.2) is 49.9 Å². The zero-order chi connectivity index (χ0) is 15.5. The van der Waals surface area contributed by atoms with Crippen LogP contribution in [-0.2, 0) is 14.6 Å². The van der Waals surface area contributed by atoms with Crippen molar-refractivity contribution in [3.05, 3.63) is 29.8 Å². The van der Waals surface area contributed by atoms with Crippen molar-refractivity contribution in [2.75, 3.05) is 29.9 Å². The molecule has 1 aliphatic heterocycles. The molecule has 2 rings (SSSR count). The minimum atomic E-state index is -2.93. The summed E-state index contributed by atoms with van der Waals surface area (Å²) in [5.41, 5.74) is 1.81. The highest BCUT2D eigenvalue weighted by atomic mass is 32.2. The Labute approximate surface area is 126 Å². The van der Waals surface area contributed by atoms with Gasteiger partial charge in [0.25, 0.3) is 0 Å². The molecule has 5 nitrogen and oxygen atoms in total. The third-order valence-corrected chi connectivity index (χ3v) is 5.65. The fourth-order valence-corrected chi connectivity index (χ4v) is 4.41. The summed E-state index contributed by atoms with van der Waals surface area (Å²) in [7, 11) is -2.93. The van der Waals surface area contributed by atoms with Gasteiger partial charge in [-0.15, -0.1) is 0 Å². The number of likely N-dealkylation sites (N-methyl/N-ethyl adjacent to an activating group) is 1. The van der Waals surface area contributed by atoms with E-state index in [0.717, 1.165) is 11.3 Å². The molecule has 1 amide bonds. The Morgan fingerprint density at radius 3 is 2.67 bits per heavy atom. The maximum Gasteiger partial charge on any atom is 0.238 e. The Kier molecular flexibility index (Phi) is 5.00. The third-order valence-electron chi connectivity index (χ3n) is 3.90. The minimum absolute atomic E-state index is 0.0392. The molecule has 0 bridgehead atoms. The number of rotatable bonds is 5. The van der Waals surface area contributed by atoms with Crippen LogP contribution >= 0.6 is 0 Å². The molecule has 1 atom stereocenters. The van der Waals surface area contributed by atoms with E-state index in [4.69, 9.17) is 0 Å². The molecular formula is C15H22N2O3S. The van der Waals surface area contributed by atoms with E-state index >= 15 is 0 Å². The molecule has 0 saturated carbocycles. The lowest BCUT2D eigenvalue weighted by atomic mass is 10.2. The first-order valence-electron chi connectivity index (χ1n) is 7.21. The molecule has 1 N–H and O–H groups in total. The molecule has 1 fully saturated rings. The number of nitrogens with one attached hydrogen (secondary N) is 1. The number of para-hydroxylation sites is 1. The van der Waals surface area contributed by atoms with Crippen LogP contribution in [0.25, 0.3) is 0 Å². The van der Waals surface area contributed by atoms with E-state index in [2.05, 4.69) is 5.32 Å². The molecule has 116 valence electrons. The summed E-state index contributed by atoms with van der Waals surface area (Å²) in [6.45, 7) is 4.79.